The Kier molecular flexibility index (Phi) is 5.59. The van der Waals surface area contributed by atoms with Gasteiger partial charge in [0.2, 0.25) is 5.91 Å². The summed E-state index contributed by atoms with van der Waals surface area (Å²) in [5.41, 5.74) is 3.31. The van der Waals surface area contributed by atoms with E-state index in [0.29, 0.717) is 18.0 Å². The van der Waals surface area contributed by atoms with Gasteiger partial charge in [0.15, 0.2) is 0 Å². The molecule has 2 aromatic carbocycles. The number of hydrogen-bond acceptors (Lipinski definition) is 5. The summed E-state index contributed by atoms with van der Waals surface area (Å²) in [6.07, 6.45) is 0.900. The first-order valence-corrected chi connectivity index (χ1v) is 10.1. The van der Waals surface area contributed by atoms with Crippen molar-refractivity contribution in [3.63, 3.8) is 0 Å². The molecule has 2 heterocycles. The van der Waals surface area contributed by atoms with E-state index in [9.17, 15) is 4.79 Å². The third kappa shape index (κ3) is 3.71. The van der Waals surface area contributed by atoms with Crippen LogP contribution in [-0.4, -0.2) is 35.8 Å². The Bertz CT molecular complexity index is 1130. The maximum absolute atomic E-state index is 12.7. The molecule has 30 heavy (non-hydrogen) atoms. The van der Waals surface area contributed by atoms with Crippen molar-refractivity contribution in [2.45, 2.75) is 25.8 Å². The van der Waals surface area contributed by atoms with Crippen molar-refractivity contribution in [2.24, 2.45) is 5.10 Å². The number of methoxy groups -OCH3 is 2. The molecule has 1 aliphatic heterocycles. The van der Waals surface area contributed by atoms with Crippen LogP contribution < -0.4 is 9.47 Å². The highest BCUT2D eigenvalue weighted by atomic mass is 35.5. The first-order valence-electron chi connectivity index (χ1n) is 9.72. The van der Waals surface area contributed by atoms with E-state index < -0.39 is 0 Å². The molecule has 0 saturated carbocycles. The summed E-state index contributed by atoms with van der Waals surface area (Å²) in [6, 6.07) is 14.9. The molecule has 0 bridgehead atoms. The predicted molar refractivity (Wildman–Crippen MR) is 117 cm³/mol. The Morgan fingerprint density at radius 1 is 1.10 bits per heavy atom. The summed E-state index contributed by atoms with van der Waals surface area (Å²) in [7, 11) is 3.25. The molecule has 7 heteroatoms. The minimum absolute atomic E-state index is 0.0645. The van der Waals surface area contributed by atoms with Crippen LogP contribution in [0.3, 0.4) is 0 Å². The molecule has 1 atom stereocenters. The number of aromatic nitrogens is 1. The van der Waals surface area contributed by atoms with E-state index in [4.69, 9.17) is 21.1 Å². The smallest absolute Gasteiger partial charge is 0.242 e. The zero-order valence-electron chi connectivity index (χ0n) is 17.1. The van der Waals surface area contributed by atoms with Crippen molar-refractivity contribution in [1.82, 2.24) is 9.99 Å². The lowest BCUT2D eigenvalue weighted by Crippen LogP contribution is -2.26. The highest BCUT2D eigenvalue weighted by Gasteiger charge is 2.34. The average Bonchev–Trinajstić information content (AvgIpc) is 3.23. The number of benzene rings is 2. The minimum atomic E-state index is -0.315. The molecular formula is C23H22ClN3O3. The number of amides is 1. The van der Waals surface area contributed by atoms with E-state index >= 15 is 0 Å². The standard InChI is InChI=1S/C23H22ClN3O3/c1-4-22(28)27-21(13-20(26-27)14-5-7-16(29-2)8-6-14)18-12-15-11-17(30-3)9-10-19(15)25-23(18)24/h5-12,21H,4,13H2,1-3H3. The van der Waals surface area contributed by atoms with Crippen molar-refractivity contribution in [3.8, 4) is 11.5 Å². The fourth-order valence-corrected chi connectivity index (χ4v) is 3.88. The number of nitrogens with zero attached hydrogens (tertiary/aromatic N) is 3. The topological polar surface area (TPSA) is 64.0 Å². The molecule has 1 unspecified atom stereocenters. The molecule has 0 N–H and O–H groups in total. The Balaban J connectivity index is 1.75. The van der Waals surface area contributed by atoms with Gasteiger partial charge in [-0.3, -0.25) is 4.79 Å². The van der Waals surface area contributed by atoms with Crippen LogP contribution in [0.5, 0.6) is 11.5 Å². The number of carbonyl (C=O) groups is 1. The molecule has 1 aliphatic rings. The second kappa shape index (κ2) is 8.32. The number of rotatable bonds is 5. The number of carbonyl (C=O) groups excluding carboxylic acids is 1. The van der Waals surface area contributed by atoms with E-state index in [-0.39, 0.29) is 11.9 Å². The summed E-state index contributed by atoms with van der Waals surface area (Å²) >= 11 is 6.56. The zero-order valence-corrected chi connectivity index (χ0v) is 17.8. The molecule has 1 aromatic heterocycles. The van der Waals surface area contributed by atoms with E-state index in [0.717, 1.165) is 39.2 Å². The maximum Gasteiger partial charge on any atom is 0.242 e. The van der Waals surface area contributed by atoms with E-state index in [2.05, 4.69) is 10.1 Å². The fraction of sp³-hybridized carbons (Fsp3) is 0.261. The lowest BCUT2D eigenvalue weighted by molar-refractivity contribution is -0.132. The van der Waals surface area contributed by atoms with Crippen molar-refractivity contribution in [2.75, 3.05) is 14.2 Å². The van der Waals surface area contributed by atoms with Gasteiger partial charge < -0.3 is 9.47 Å². The monoisotopic (exact) mass is 423 g/mol. The van der Waals surface area contributed by atoms with E-state index in [1.807, 2.05) is 55.5 Å². The molecule has 1 amide bonds. The van der Waals surface area contributed by atoms with Crippen LogP contribution in [0.1, 0.15) is 36.9 Å². The van der Waals surface area contributed by atoms with Crippen LogP contribution in [-0.2, 0) is 4.79 Å². The first kappa shape index (κ1) is 20.2. The van der Waals surface area contributed by atoms with Gasteiger partial charge in [-0.2, -0.15) is 5.10 Å². The Morgan fingerprint density at radius 2 is 1.80 bits per heavy atom. The summed E-state index contributed by atoms with van der Waals surface area (Å²) in [5, 5.41) is 7.45. The first-order chi connectivity index (χ1) is 14.5. The van der Waals surface area contributed by atoms with Crippen molar-refractivity contribution >= 4 is 34.1 Å². The van der Waals surface area contributed by atoms with E-state index in [1.165, 1.54) is 5.01 Å². The number of hydrogen-bond donors (Lipinski definition) is 0. The van der Waals surface area contributed by atoms with Gasteiger partial charge in [-0.15, -0.1) is 0 Å². The SMILES string of the molecule is CCC(=O)N1N=C(c2ccc(OC)cc2)CC1c1cc2cc(OC)ccc2nc1Cl. The van der Waals surface area contributed by atoms with Crippen LogP contribution >= 0.6 is 11.6 Å². The largest absolute Gasteiger partial charge is 0.497 e. The Labute approximate surface area is 180 Å². The molecule has 154 valence electrons. The molecule has 0 fully saturated rings. The van der Waals surface area contributed by atoms with Crippen LogP contribution in [0.25, 0.3) is 10.9 Å². The van der Waals surface area contributed by atoms with Gasteiger partial charge in [-0.25, -0.2) is 9.99 Å². The quantitative estimate of drug-likeness (QED) is 0.542. The third-order valence-corrected chi connectivity index (χ3v) is 5.56. The molecule has 6 nitrogen and oxygen atoms in total. The van der Waals surface area contributed by atoms with Gasteiger partial charge in [0.1, 0.15) is 16.7 Å². The van der Waals surface area contributed by atoms with E-state index in [1.54, 1.807) is 14.2 Å². The summed E-state index contributed by atoms with van der Waals surface area (Å²) in [5.74, 6) is 1.44. The summed E-state index contributed by atoms with van der Waals surface area (Å²) < 4.78 is 10.6. The van der Waals surface area contributed by atoms with Crippen molar-refractivity contribution < 1.29 is 14.3 Å². The molecule has 0 saturated heterocycles. The number of ether oxygens (including phenoxy) is 2. The van der Waals surface area contributed by atoms with Crippen LogP contribution in [0.4, 0.5) is 0 Å². The van der Waals surface area contributed by atoms with Crippen molar-refractivity contribution in [1.29, 1.82) is 0 Å². The molecule has 0 radical (unpaired) electrons. The number of hydrazone groups is 1. The second-order valence-electron chi connectivity index (χ2n) is 7.01. The number of fused-ring (bicyclic) bond motifs is 1. The molecule has 3 aromatic rings. The predicted octanol–water partition coefficient (Wildman–Crippen LogP) is 4.99. The van der Waals surface area contributed by atoms with Gasteiger partial charge >= 0.3 is 0 Å². The average molecular weight is 424 g/mol. The zero-order chi connectivity index (χ0) is 21.3. The number of pyridine rings is 1. The van der Waals surface area contributed by atoms with Crippen LogP contribution in [0, 0.1) is 0 Å². The molecule has 0 aliphatic carbocycles. The van der Waals surface area contributed by atoms with Gasteiger partial charge in [0.25, 0.3) is 0 Å². The fourth-order valence-electron chi connectivity index (χ4n) is 3.61. The van der Waals surface area contributed by atoms with Crippen LogP contribution in [0.15, 0.2) is 53.6 Å². The lowest BCUT2D eigenvalue weighted by Gasteiger charge is -2.22. The van der Waals surface area contributed by atoms with Gasteiger partial charge in [-0.1, -0.05) is 18.5 Å². The Morgan fingerprint density at radius 3 is 2.47 bits per heavy atom. The Hall–Kier alpha value is -3.12. The molecule has 0 spiro atoms. The highest BCUT2D eigenvalue weighted by molar-refractivity contribution is 6.30. The van der Waals surface area contributed by atoms with Crippen LogP contribution in [0.2, 0.25) is 5.15 Å². The van der Waals surface area contributed by atoms with Gasteiger partial charge in [-0.05, 0) is 54.1 Å². The maximum atomic E-state index is 12.7. The van der Waals surface area contributed by atoms with Gasteiger partial charge in [0, 0.05) is 23.8 Å². The molecular weight excluding hydrogens is 402 g/mol. The normalized spacial score (nSPS) is 15.9. The van der Waals surface area contributed by atoms with Crippen molar-refractivity contribution in [3.05, 3.63) is 64.8 Å². The summed E-state index contributed by atoms with van der Waals surface area (Å²) in [6.45, 7) is 1.82. The molecule has 4 rings (SSSR count). The lowest BCUT2D eigenvalue weighted by atomic mass is 9.98. The summed E-state index contributed by atoms with van der Waals surface area (Å²) in [4.78, 5) is 17.2. The third-order valence-electron chi connectivity index (χ3n) is 5.25. The second-order valence-corrected chi connectivity index (χ2v) is 7.37. The minimum Gasteiger partial charge on any atom is -0.497 e. The highest BCUT2D eigenvalue weighted by Crippen LogP contribution is 2.38. The number of halogens is 1. The van der Waals surface area contributed by atoms with Gasteiger partial charge in [0.05, 0.1) is 31.5 Å².